The summed E-state index contributed by atoms with van der Waals surface area (Å²) in [5, 5.41) is 12.1. The second-order valence-corrected chi connectivity index (χ2v) is 5.09. The number of carbonyl (C=O) groups is 1. The Balaban J connectivity index is 2.69. The summed E-state index contributed by atoms with van der Waals surface area (Å²) in [7, 11) is 0. The molecule has 1 rings (SSSR count). The van der Waals surface area contributed by atoms with Gasteiger partial charge in [-0.3, -0.25) is 4.79 Å². The fourth-order valence-electron chi connectivity index (χ4n) is 1.21. The molecule has 0 spiro atoms. The number of hydrogen-bond acceptors (Lipinski definition) is 2. The van der Waals surface area contributed by atoms with Crippen molar-refractivity contribution < 1.29 is 9.90 Å². The highest BCUT2D eigenvalue weighted by molar-refractivity contribution is 14.1. The Hall–Kier alpha value is -0.330. The minimum Gasteiger partial charge on any atom is -0.396 e. The van der Waals surface area contributed by atoms with Gasteiger partial charge in [-0.15, -0.1) is 0 Å². The average Bonchev–Trinajstić information content (AvgIpc) is 2.22. The minimum atomic E-state index is -0.167. The highest BCUT2D eigenvalue weighted by Gasteiger charge is 2.10. The van der Waals surface area contributed by atoms with Gasteiger partial charge < -0.3 is 10.4 Å². The summed E-state index contributed by atoms with van der Waals surface area (Å²) in [4.78, 5) is 11.7. The lowest BCUT2D eigenvalue weighted by Gasteiger charge is -2.12. The van der Waals surface area contributed by atoms with Crippen LogP contribution in [0.25, 0.3) is 0 Å². The molecule has 1 aromatic rings. The van der Waals surface area contributed by atoms with Gasteiger partial charge in [-0.1, -0.05) is 11.6 Å². The van der Waals surface area contributed by atoms with Gasteiger partial charge in [0.05, 0.1) is 5.02 Å². The molecule has 0 saturated carbocycles. The molecule has 0 aliphatic heterocycles. The van der Waals surface area contributed by atoms with E-state index in [0.717, 1.165) is 3.57 Å². The van der Waals surface area contributed by atoms with E-state index in [0.29, 0.717) is 17.0 Å². The van der Waals surface area contributed by atoms with Gasteiger partial charge in [-0.05, 0) is 54.1 Å². The molecule has 0 heterocycles. The second-order valence-electron chi connectivity index (χ2n) is 3.52. The quantitative estimate of drug-likeness (QED) is 0.817. The molecule has 1 amide bonds. The van der Waals surface area contributed by atoms with Gasteiger partial charge in [0, 0.05) is 21.8 Å². The van der Waals surface area contributed by atoms with Crippen molar-refractivity contribution in [1.29, 1.82) is 0 Å². The van der Waals surface area contributed by atoms with E-state index >= 15 is 0 Å². The molecule has 1 aromatic carbocycles. The van der Waals surface area contributed by atoms with Crippen molar-refractivity contribution >= 4 is 40.1 Å². The van der Waals surface area contributed by atoms with Crippen LogP contribution in [0.1, 0.15) is 23.7 Å². The van der Waals surface area contributed by atoms with Gasteiger partial charge in [-0.2, -0.15) is 0 Å². The third-order valence-electron chi connectivity index (χ3n) is 2.12. The van der Waals surface area contributed by atoms with E-state index in [-0.39, 0.29) is 18.6 Å². The molecule has 88 valence electrons. The smallest absolute Gasteiger partial charge is 0.251 e. The molecule has 0 bridgehead atoms. The average molecular weight is 354 g/mol. The highest BCUT2D eigenvalue weighted by Crippen LogP contribution is 2.19. The Morgan fingerprint density at radius 2 is 2.31 bits per heavy atom. The summed E-state index contributed by atoms with van der Waals surface area (Å²) < 4.78 is 0.916. The molecular formula is C11H13ClINO2. The van der Waals surface area contributed by atoms with Gasteiger partial charge in [-0.25, -0.2) is 0 Å². The molecule has 0 aliphatic carbocycles. The number of halogens is 2. The van der Waals surface area contributed by atoms with Crippen molar-refractivity contribution in [2.75, 3.05) is 6.61 Å². The van der Waals surface area contributed by atoms with Crippen LogP contribution < -0.4 is 5.32 Å². The van der Waals surface area contributed by atoms with E-state index < -0.39 is 0 Å². The summed E-state index contributed by atoms with van der Waals surface area (Å²) in [6, 6.07) is 5.13. The number of aliphatic hydroxyl groups is 1. The van der Waals surface area contributed by atoms with Gasteiger partial charge in [0.15, 0.2) is 0 Å². The van der Waals surface area contributed by atoms with Gasteiger partial charge in [0.2, 0.25) is 0 Å². The summed E-state index contributed by atoms with van der Waals surface area (Å²) in [5.74, 6) is -0.167. The molecule has 0 fully saturated rings. The molecule has 3 nitrogen and oxygen atoms in total. The zero-order valence-electron chi connectivity index (χ0n) is 8.84. The first kappa shape index (κ1) is 13.7. The molecule has 0 aromatic heterocycles. The maximum Gasteiger partial charge on any atom is 0.251 e. The van der Waals surface area contributed by atoms with E-state index in [2.05, 4.69) is 27.9 Å². The fraction of sp³-hybridized carbons (Fsp3) is 0.364. The Bertz CT molecular complexity index is 384. The minimum absolute atomic E-state index is 0.0458. The van der Waals surface area contributed by atoms with Crippen LogP contribution in [0.15, 0.2) is 18.2 Å². The van der Waals surface area contributed by atoms with Gasteiger partial charge >= 0.3 is 0 Å². The van der Waals surface area contributed by atoms with E-state index in [1.807, 2.05) is 6.92 Å². The third kappa shape index (κ3) is 3.92. The standard InChI is InChI=1S/C11H13ClINO2/c1-7(4-5-15)14-11(16)8-2-3-10(13)9(12)6-8/h2-3,6-7,15H,4-5H2,1H3,(H,14,16). The Morgan fingerprint density at radius 3 is 2.88 bits per heavy atom. The maximum atomic E-state index is 11.7. The molecule has 0 radical (unpaired) electrons. The van der Waals surface area contributed by atoms with Crippen LogP contribution in [0.5, 0.6) is 0 Å². The van der Waals surface area contributed by atoms with Gasteiger partial charge in [0.1, 0.15) is 0 Å². The Morgan fingerprint density at radius 1 is 1.62 bits per heavy atom. The number of nitrogens with one attached hydrogen (secondary N) is 1. The molecule has 2 N–H and O–H groups in total. The summed E-state index contributed by atoms with van der Waals surface area (Å²) in [6.45, 7) is 1.91. The van der Waals surface area contributed by atoms with Crippen LogP contribution in [0.2, 0.25) is 5.02 Å². The first-order chi connectivity index (χ1) is 7.54. The summed E-state index contributed by atoms with van der Waals surface area (Å²) in [6.07, 6.45) is 0.545. The molecular weight excluding hydrogens is 340 g/mol. The molecule has 1 atom stereocenters. The van der Waals surface area contributed by atoms with Crippen molar-refractivity contribution in [3.63, 3.8) is 0 Å². The lowest BCUT2D eigenvalue weighted by atomic mass is 10.2. The maximum absolute atomic E-state index is 11.7. The number of benzene rings is 1. The largest absolute Gasteiger partial charge is 0.396 e. The topological polar surface area (TPSA) is 49.3 Å². The lowest BCUT2D eigenvalue weighted by molar-refractivity contribution is 0.0934. The van der Waals surface area contributed by atoms with Crippen LogP contribution >= 0.6 is 34.2 Å². The van der Waals surface area contributed by atoms with E-state index in [1.54, 1.807) is 18.2 Å². The van der Waals surface area contributed by atoms with Crippen LogP contribution in [0, 0.1) is 3.57 Å². The normalized spacial score (nSPS) is 12.2. The van der Waals surface area contributed by atoms with Crippen LogP contribution in [0.3, 0.4) is 0 Å². The fourth-order valence-corrected chi connectivity index (χ4v) is 1.73. The molecule has 1 unspecified atom stereocenters. The molecule has 0 saturated heterocycles. The zero-order valence-corrected chi connectivity index (χ0v) is 11.7. The van der Waals surface area contributed by atoms with E-state index in [9.17, 15) is 4.79 Å². The number of amides is 1. The van der Waals surface area contributed by atoms with Gasteiger partial charge in [0.25, 0.3) is 5.91 Å². The monoisotopic (exact) mass is 353 g/mol. The zero-order chi connectivity index (χ0) is 12.1. The third-order valence-corrected chi connectivity index (χ3v) is 3.69. The number of carbonyl (C=O) groups excluding carboxylic acids is 1. The molecule has 16 heavy (non-hydrogen) atoms. The predicted molar refractivity (Wildman–Crippen MR) is 72.8 cm³/mol. The van der Waals surface area contributed by atoms with Crippen molar-refractivity contribution in [3.8, 4) is 0 Å². The van der Waals surface area contributed by atoms with Crippen molar-refractivity contribution in [2.45, 2.75) is 19.4 Å². The van der Waals surface area contributed by atoms with Crippen LogP contribution in [0.4, 0.5) is 0 Å². The molecule has 5 heteroatoms. The van der Waals surface area contributed by atoms with E-state index in [4.69, 9.17) is 16.7 Å². The number of hydrogen-bond donors (Lipinski definition) is 2. The Kier molecular flexibility index (Phi) is 5.51. The van der Waals surface area contributed by atoms with Crippen LogP contribution in [-0.4, -0.2) is 23.7 Å². The van der Waals surface area contributed by atoms with Crippen molar-refractivity contribution in [2.24, 2.45) is 0 Å². The highest BCUT2D eigenvalue weighted by atomic mass is 127. The van der Waals surface area contributed by atoms with Crippen molar-refractivity contribution in [3.05, 3.63) is 32.4 Å². The second kappa shape index (κ2) is 6.42. The SMILES string of the molecule is CC(CCO)NC(=O)c1ccc(I)c(Cl)c1. The summed E-state index contributed by atoms with van der Waals surface area (Å²) in [5.41, 5.74) is 0.537. The Labute approximate surface area is 113 Å². The van der Waals surface area contributed by atoms with Crippen LogP contribution in [-0.2, 0) is 0 Å². The number of rotatable bonds is 4. The molecule has 0 aliphatic rings. The summed E-state index contributed by atoms with van der Waals surface area (Å²) >= 11 is 8.03. The van der Waals surface area contributed by atoms with Crippen molar-refractivity contribution in [1.82, 2.24) is 5.32 Å². The first-order valence-corrected chi connectivity index (χ1v) is 6.37. The number of aliphatic hydroxyl groups excluding tert-OH is 1. The lowest BCUT2D eigenvalue weighted by Crippen LogP contribution is -2.33. The first-order valence-electron chi connectivity index (χ1n) is 4.91. The predicted octanol–water partition coefficient (Wildman–Crippen LogP) is 2.45. The van der Waals surface area contributed by atoms with E-state index in [1.165, 1.54) is 0 Å².